The molecule has 0 aliphatic carbocycles. The SMILES string of the molecule is COC(C)CNc1ncc(C(=O)N2CCCCC2)cc1Cl. The highest BCUT2D eigenvalue weighted by Crippen LogP contribution is 2.22. The van der Waals surface area contributed by atoms with E-state index in [9.17, 15) is 4.79 Å². The fourth-order valence-corrected chi connectivity index (χ4v) is 2.52. The van der Waals surface area contributed by atoms with E-state index in [0.29, 0.717) is 22.9 Å². The number of likely N-dealkylation sites (tertiary alicyclic amines) is 1. The average molecular weight is 312 g/mol. The van der Waals surface area contributed by atoms with Gasteiger partial charge < -0.3 is 15.0 Å². The Bertz CT molecular complexity index is 490. The number of aromatic nitrogens is 1. The largest absolute Gasteiger partial charge is 0.380 e. The Balaban J connectivity index is 2.02. The van der Waals surface area contributed by atoms with Crippen LogP contribution in [0.1, 0.15) is 36.5 Å². The van der Waals surface area contributed by atoms with E-state index in [4.69, 9.17) is 16.3 Å². The molecule has 1 aliphatic heterocycles. The second-order valence-corrected chi connectivity index (χ2v) is 5.74. The van der Waals surface area contributed by atoms with Gasteiger partial charge in [-0.25, -0.2) is 4.98 Å². The molecule has 116 valence electrons. The number of nitrogens with zero attached hydrogens (tertiary/aromatic N) is 2. The van der Waals surface area contributed by atoms with Crippen molar-refractivity contribution in [1.82, 2.24) is 9.88 Å². The Morgan fingerprint density at radius 1 is 1.48 bits per heavy atom. The highest BCUT2D eigenvalue weighted by Gasteiger charge is 2.19. The number of halogens is 1. The molecule has 21 heavy (non-hydrogen) atoms. The topological polar surface area (TPSA) is 54.5 Å². The van der Waals surface area contributed by atoms with Crippen LogP contribution in [0, 0.1) is 0 Å². The van der Waals surface area contributed by atoms with Gasteiger partial charge in [0.2, 0.25) is 0 Å². The fourth-order valence-electron chi connectivity index (χ4n) is 2.29. The third-order valence-corrected chi connectivity index (χ3v) is 3.98. The van der Waals surface area contributed by atoms with Crippen molar-refractivity contribution < 1.29 is 9.53 Å². The number of carbonyl (C=O) groups is 1. The number of ether oxygens (including phenoxy) is 1. The van der Waals surface area contributed by atoms with Gasteiger partial charge >= 0.3 is 0 Å². The number of amides is 1. The second kappa shape index (κ2) is 7.61. The molecule has 0 saturated carbocycles. The van der Waals surface area contributed by atoms with E-state index in [1.165, 1.54) is 6.42 Å². The summed E-state index contributed by atoms with van der Waals surface area (Å²) in [5.41, 5.74) is 0.548. The Morgan fingerprint density at radius 2 is 2.19 bits per heavy atom. The first-order valence-electron chi connectivity index (χ1n) is 7.33. The van der Waals surface area contributed by atoms with E-state index in [2.05, 4.69) is 10.3 Å². The summed E-state index contributed by atoms with van der Waals surface area (Å²) in [5.74, 6) is 0.594. The Labute approximate surface area is 130 Å². The van der Waals surface area contributed by atoms with Gasteiger partial charge in [-0.3, -0.25) is 4.79 Å². The molecule has 1 aliphatic rings. The molecule has 1 saturated heterocycles. The Hall–Kier alpha value is -1.33. The summed E-state index contributed by atoms with van der Waals surface area (Å²) >= 11 is 6.20. The number of rotatable bonds is 5. The number of carbonyl (C=O) groups excluding carboxylic acids is 1. The molecule has 5 nitrogen and oxygen atoms in total. The van der Waals surface area contributed by atoms with Crippen LogP contribution < -0.4 is 5.32 Å². The van der Waals surface area contributed by atoms with E-state index in [1.807, 2.05) is 11.8 Å². The summed E-state index contributed by atoms with van der Waals surface area (Å²) in [4.78, 5) is 18.5. The van der Waals surface area contributed by atoms with Gasteiger partial charge in [0.25, 0.3) is 5.91 Å². The van der Waals surface area contributed by atoms with Gasteiger partial charge in [0.05, 0.1) is 16.7 Å². The zero-order chi connectivity index (χ0) is 15.2. The van der Waals surface area contributed by atoms with Crippen molar-refractivity contribution in [2.75, 3.05) is 32.1 Å². The summed E-state index contributed by atoms with van der Waals surface area (Å²) in [6.45, 7) is 4.21. The summed E-state index contributed by atoms with van der Waals surface area (Å²) < 4.78 is 5.16. The number of hydrogen-bond acceptors (Lipinski definition) is 4. The summed E-state index contributed by atoms with van der Waals surface area (Å²) in [5, 5.41) is 3.58. The molecule has 2 rings (SSSR count). The quantitative estimate of drug-likeness (QED) is 0.908. The summed E-state index contributed by atoms with van der Waals surface area (Å²) in [6, 6.07) is 1.69. The predicted octanol–water partition coefficient (Wildman–Crippen LogP) is 2.81. The first-order chi connectivity index (χ1) is 10.1. The van der Waals surface area contributed by atoms with Gasteiger partial charge in [0, 0.05) is 32.9 Å². The first-order valence-corrected chi connectivity index (χ1v) is 7.71. The minimum absolute atomic E-state index is 0.0147. The van der Waals surface area contributed by atoms with E-state index < -0.39 is 0 Å². The number of hydrogen-bond donors (Lipinski definition) is 1. The van der Waals surface area contributed by atoms with Gasteiger partial charge in [0.15, 0.2) is 0 Å². The van der Waals surface area contributed by atoms with Crippen LogP contribution in [0.4, 0.5) is 5.82 Å². The van der Waals surface area contributed by atoms with E-state index in [1.54, 1.807) is 19.4 Å². The van der Waals surface area contributed by atoms with Crippen LogP contribution in [0.5, 0.6) is 0 Å². The van der Waals surface area contributed by atoms with Gasteiger partial charge in [-0.15, -0.1) is 0 Å². The van der Waals surface area contributed by atoms with E-state index in [0.717, 1.165) is 25.9 Å². The maximum absolute atomic E-state index is 12.4. The third kappa shape index (κ3) is 4.32. The zero-order valence-electron chi connectivity index (χ0n) is 12.6. The Morgan fingerprint density at radius 3 is 2.81 bits per heavy atom. The van der Waals surface area contributed by atoms with E-state index in [-0.39, 0.29) is 12.0 Å². The lowest BCUT2D eigenvalue weighted by Gasteiger charge is -2.26. The zero-order valence-corrected chi connectivity index (χ0v) is 13.3. The predicted molar refractivity (Wildman–Crippen MR) is 84.0 cm³/mol. The minimum atomic E-state index is 0.0147. The van der Waals surface area contributed by atoms with Gasteiger partial charge in [0.1, 0.15) is 5.82 Å². The molecule has 1 aromatic heterocycles. The molecule has 0 radical (unpaired) electrons. The molecule has 2 heterocycles. The first kappa shape index (κ1) is 16.0. The second-order valence-electron chi connectivity index (χ2n) is 5.33. The van der Waals surface area contributed by atoms with Gasteiger partial charge in [-0.05, 0) is 32.3 Å². The fraction of sp³-hybridized carbons (Fsp3) is 0.600. The maximum Gasteiger partial charge on any atom is 0.255 e. The molecule has 1 fully saturated rings. The number of piperidine rings is 1. The molecule has 1 atom stereocenters. The van der Waals surface area contributed by atoms with Crippen molar-refractivity contribution in [3.05, 3.63) is 22.8 Å². The molecule has 1 N–H and O–H groups in total. The minimum Gasteiger partial charge on any atom is -0.380 e. The van der Waals surface area contributed by atoms with Crippen molar-refractivity contribution in [2.45, 2.75) is 32.3 Å². The lowest BCUT2D eigenvalue weighted by atomic mass is 10.1. The molecule has 0 bridgehead atoms. The lowest BCUT2D eigenvalue weighted by Crippen LogP contribution is -2.35. The third-order valence-electron chi connectivity index (χ3n) is 3.69. The number of nitrogens with one attached hydrogen (secondary N) is 1. The van der Waals surface area contributed by atoms with Crippen molar-refractivity contribution in [2.24, 2.45) is 0 Å². The summed E-state index contributed by atoms with van der Waals surface area (Å²) in [6.07, 6.45) is 4.99. The van der Waals surface area contributed by atoms with Crippen molar-refractivity contribution >= 4 is 23.3 Å². The van der Waals surface area contributed by atoms with Gasteiger partial charge in [-0.1, -0.05) is 11.6 Å². The molecule has 0 spiro atoms. The van der Waals surface area contributed by atoms with Crippen LogP contribution >= 0.6 is 11.6 Å². The van der Waals surface area contributed by atoms with Crippen molar-refractivity contribution in [3.8, 4) is 0 Å². The normalized spacial score (nSPS) is 16.6. The average Bonchev–Trinajstić information content (AvgIpc) is 2.53. The lowest BCUT2D eigenvalue weighted by molar-refractivity contribution is 0.0724. The standard InChI is InChI=1S/C15H22ClN3O2/c1-11(21-2)9-17-14-13(16)8-12(10-18-14)15(20)19-6-4-3-5-7-19/h8,10-11H,3-7,9H2,1-2H3,(H,17,18). The highest BCUT2D eigenvalue weighted by atomic mass is 35.5. The summed E-state index contributed by atoms with van der Waals surface area (Å²) in [7, 11) is 1.65. The number of pyridine rings is 1. The smallest absolute Gasteiger partial charge is 0.255 e. The van der Waals surface area contributed by atoms with Crippen LogP contribution in [-0.2, 0) is 4.74 Å². The molecule has 1 amide bonds. The molecular weight excluding hydrogens is 290 g/mol. The number of methoxy groups -OCH3 is 1. The van der Waals surface area contributed by atoms with Crippen LogP contribution in [0.25, 0.3) is 0 Å². The van der Waals surface area contributed by atoms with Crippen LogP contribution in [0.2, 0.25) is 5.02 Å². The van der Waals surface area contributed by atoms with E-state index >= 15 is 0 Å². The molecule has 0 aromatic carbocycles. The van der Waals surface area contributed by atoms with Crippen LogP contribution in [0.15, 0.2) is 12.3 Å². The highest BCUT2D eigenvalue weighted by molar-refractivity contribution is 6.33. The molecular formula is C15H22ClN3O2. The number of anilines is 1. The van der Waals surface area contributed by atoms with Crippen LogP contribution in [0.3, 0.4) is 0 Å². The van der Waals surface area contributed by atoms with Gasteiger partial charge in [-0.2, -0.15) is 0 Å². The molecule has 6 heteroatoms. The van der Waals surface area contributed by atoms with Crippen molar-refractivity contribution in [3.63, 3.8) is 0 Å². The maximum atomic E-state index is 12.4. The monoisotopic (exact) mass is 311 g/mol. The molecule has 1 unspecified atom stereocenters. The molecule has 1 aromatic rings. The van der Waals surface area contributed by atoms with Crippen molar-refractivity contribution in [1.29, 1.82) is 0 Å². The van der Waals surface area contributed by atoms with Crippen LogP contribution in [-0.4, -0.2) is 48.6 Å². The Kier molecular flexibility index (Phi) is 5.82.